The highest BCUT2D eigenvalue weighted by atomic mass is 16.5. The average Bonchev–Trinajstić information content (AvgIpc) is 2.34. The second-order valence-corrected chi connectivity index (χ2v) is 3.30. The molecule has 1 amide bonds. The zero-order chi connectivity index (χ0) is 12.5. The molecule has 1 rings (SSSR count). The molecule has 0 saturated carbocycles. The first-order valence-corrected chi connectivity index (χ1v) is 5.31. The average molecular weight is 239 g/mol. The number of pyridine rings is 1. The molecule has 0 saturated heterocycles. The van der Waals surface area contributed by atoms with Crippen molar-refractivity contribution in [2.45, 2.75) is 0 Å². The van der Waals surface area contributed by atoms with Gasteiger partial charge in [0.1, 0.15) is 5.82 Å². The molecule has 0 aliphatic heterocycles. The van der Waals surface area contributed by atoms with Crippen molar-refractivity contribution in [3.63, 3.8) is 0 Å². The Hall–Kier alpha value is -1.66. The molecule has 0 spiro atoms. The first kappa shape index (κ1) is 13.4. The summed E-state index contributed by atoms with van der Waals surface area (Å²) in [5.74, 6) is -0.0174. The van der Waals surface area contributed by atoms with Gasteiger partial charge in [-0.15, -0.1) is 0 Å². The lowest BCUT2D eigenvalue weighted by Gasteiger charge is -2.07. The fraction of sp³-hybridized carbons (Fsp3) is 0.455. The number of nitrogen functional groups attached to an aromatic ring is 1. The second kappa shape index (κ2) is 7.59. The molecular formula is C11H17N3O3. The third kappa shape index (κ3) is 4.80. The minimum atomic E-state index is -0.244. The highest BCUT2D eigenvalue weighted by Gasteiger charge is 2.08. The van der Waals surface area contributed by atoms with Crippen LogP contribution in [0.4, 0.5) is 5.82 Å². The molecule has 0 aliphatic carbocycles. The van der Waals surface area contributed by atoms with Crippen LogP contribution >= 0.6 is 0 Å². The lowest BCUT2D eigenvalue weighted by atomic mass is 10.2. The van der Waals surface area contributed by atoms with Crippen molar-refractivity contribution in [2.24, 2.45) is 0 Å². The monoisotopic (exact) mass is 239 g/mol. The molecule has 0 atom stereocenters. The smallest absolute Gasteiger partial charge is 0.255 e. The predicted molar refractivity (Wildman–Crippen MR) is 63.7 cm³/mol. The van der Waals surface area contributed by atoms with Gasteiger partial charge in [0.2, 0.25) is 0 Å². The van der Waals surface area contributed by atoms with Crippen molar-refractivity contribution in [3.05, 3.63) is 23.9 Å². The van der Waals surface area contributed by atoms with Crippen LogP contribution in [0.2, 0.25) is 0 Å². The van der Waals surface area contributed by atoms with Crippen LogP contribution in [-0.4, -0.2) is 44.4 Å². The molecule has 0 radical (unpaired) electrons. The molecule has 0 unspecified atom stereocenters. The number of nitrogens with one attached hydrogen (secondary N) is 1. The largest absolute Gasteiger partial charge is 0.383 e. The molecule has 0 aliphatic rings. The van der Waals surface area contributed by atoms with Crippen LogP contribution in [0, 0.1) is 0 Å². The van der Waals surface area contributed by atoms with Crippen LogP contribution in [0.1, 0.15) is 10.4 Å². The van der Waals surface area contributed by atoms with E-state index in [1.807, 2.05) is 0 Å². The Bertz CT molecular complexity index is 358. The zero-order valence-corrected chi connectivity index (χ0v) is 9.81. The summed E-state index contributed by atoms with van der Waals surface area (Å²) in [4.78, 5) is 15.5. The van der Waals surface area contributed by atoms with Gasteiger partial charge in [-0.25, -0.2) is 4.98 Å². The van der Waals surface area contributed by atoms with Crippen LogP contribution in [0.25, 0.3) is 0 Å². The van der Waals surface area contributed by atoms with Gasteiger partial charge in [-0.05, 0) is 12.1 Å². The van der Waals surface area contributed by atoms with E-state index < -0.39 is 0 Å². The maximum atomic E-state index is 11.6. The van der Waals surface area contributed by atoms with E-state index in [9.17, 15) is 4.79 Å². The summed E-state index contributed by atoms with van der Waals surface area (Å²) < 4.78 is 10.0. The van der Waals surface area contributed by atoms with E-state index >= 15 is 0 Å². The number of nitrogens with two attached hydrogens (primary N) is 1. The number of anilines is 1. The van der Waals surface area contributed by atoms with Gasteiger partial charge in [0, 0.05) is 19.9 Å². The fourth-order valence-electron chi connectivity index (χ4n) is 1.19. The number of methoxy groups -OCH3 is 1. The molecule has 0 aromatic carbocycles. The van der Waals surface area contributed by atoms with Crippen molar-refractivity contribution in [1.82, 2.24) is 10.3 Å². The van der Waals surface area contributed by atoms with Gasteiger partial charge in [0.15, 0.2) is 0 Å². The second-order valence-electron chi connectivity index (χ2n) is 3.30. The van der Waals surface area contributed by atoms with Crippen molar-refractivity contribution in [2.75, 3.05) is 39.2 Å². The Morgan fingerprint density at radius 2 is 2.29 bits per heavy atom. The number of hydrogen-bond donors (Lipinski definition) is 2. The van der Waals surface area contributed by atoms with Crippen LogP contribution in [0.15, 0.2) is 18.3 Å². The standard InChI is InChI=1S/C11H17N3O3/c1-16-7-8-17-6-5-14-11(15)9-3-2-4-13-10(9)12/h2-4H,5-8H2,1H3,(H2,12,13)(H,14,15). The Morgan fingerprint density at radius 1 is 1.47 bits per heavy atom. The molecule has 3 N–H and O–H groups in total. The maximum Gasteiger partial charge on any atom is 0.255 e. The fourth-order valence-corrected chi connectivity index (χ4v) is 1.19. The molecular weight excluding hydrogens is 222 g/mol. The summed E-state index contributed by atoms with van der Waals surface area (Å²) in [7, 11) is 1.61. The predicted octanol–water partition coefficient (Wildman–Crippen LogP) is 0.0566. The summed E-state index contributed by atoms with van der Waals surface area (Å²) in [6, 6.07) is 3.30. The summed E-state index contributed by atoms with van der Waals surface area (Å²) in [5, 5.41) is 2.69. The number of nitrogens with zero attached hydrogens (tertiary/aromatic N) is 1. The lowest BCUT2D eigenvalue weighted by Crippen LogP contribution is -2.28. The zero-order valence-electron chi connectivity index (χ0n) is 9.81. The normalized spacial score (nSPS) is 10.2. The molecule has 0 bridgehead atoms. The van der Waals surface area contributed by atoms with Crippen LogP contribution in [-0.2, 0) is 9.47 Å². The molecule has 1 aromatic heterocycles. The van der Waals surface area contributed by atoms with Gasteiger partial charge in [-0.2, -0.15) is 0 Å². The van der Waals surface area contributed by atoms with Gasteiger partial charge < -0.3 is 20.5 Å². The van der Waals surface area contributed by atoms with Gasteiger partial charge in [0.25, 0.3) is 5.91 Å². The Balaban J connectivity index is 2.24. The minimum Gasteiger partial charge on any atom is -0.383 e. The maximum absolute atomic E-state index is 11.6. The number of carbonyl (C=O) groups excluding carboxylic acids is 1. The highest BCUT2D eigenvalue weighted by Crippen LogP contribution is 2.05. The van der Waals surface area contributed by atoms with Crippen LogP contribution < -0.4 is 11.1 Å². The van der Waals surface area contributed by atoms with Gasteiger partial charge >= 0.3 is 0 Å². The summed E-state index contributed by atoms with van der Waals surface area (Å²) in [6.07, 6.45) is 1.54. The van der Waals surface area contributed by atoms with Crippen molar-refractivity contribution in [1.29, 1.82) is 0 Å². The lowest BCUT2D eigenvalue weighted by molar-refractivity contribution is 0.0693. The van der Waals surface area contributed by atoms with Crippen molar-refractivity contribution < 1.29 is 14.3 Å². The third-order valence-corrected chi connectivity index (χ3v) is 2.05. The first-order valence-electron chi connectivity index (χ1n) is 5.31. The van der Waals surface area contributed by atoms with Crippen molar-refractivity contribution in [3.8, 4) is 0 Å². The van der Waals surface area contributed by atoms with Gasteiger partial charge in [-0.3, -0.25) is 4.79 Å². The molecule has 1 aromatic rings. The Morgan fingerprint density at radius 3 is 3.00 bits per heavy atom. The minimum absolute atomic E-state index is 0.227. The Labute approximate surface area is 100 Å². The number of ether oxygens (including phenoxy) is 2. The summed E-state index contributed by atoms with van der Waals surface area (Å²) in [6.45, 7) is 1.93. The molecule has 0 fully saturated rings. The molecule has 1 heterocycles. The number of rotatable bonds is 7. The summed E-state index contributed by atoms with van der Waals surface area (Å²) >= 11 is 0. The topological polar surface area (TPSA) is 86.5 Å². The molecule has 6 nitrogen and oxygen atoms in total. The van der Waals surface area contributed by atoms with E-state index in [2.05, 4.69) is 10.3 Å². The highest BCUT2D eigenvalue weighted by molar-refractivity contribution is 5.98. The number of amides is 1. The quantitative estimate of drug-likeness (QED) is 0.657. The van der Waals surface area contributed by atoms with Crippen molar-refractivity contribution >= 4 is 11.7 Å². The molecule has 94 valence electrons. The van der Waals surface area contributed by atoms with E-state index in [1.165, 1.54) is 0 Å². The van der Waals surface area contributed by atoms with E-state index in [1.54, 1.807) is 25.4 Å². The SMILES string of the molecule is COCCOCCNC(=O)c1cccnc1N. The molecule has 6 heteroatoms. The number of aromatic nitrogens is 1. The number of carbonyl (C=O) groups is 1. The Kier molecular flexibility index (Phi) is 5.98. The number of hydrogen-bond acceptors (Lipinski definition) is 5. The van der Waals surface area contributed by atoms with E-state index in [0.717, 1.165) is 0 Å². The molecule has 17 heavy (non-hydrogen) atoms. The van der Waals surface area contributed by atoms with Gasteiger partial charge in [-0.1, -0.05) is 0 Å². The van der Waals surface area contributed by atoms with Crippen LogP contribution in [0.3, 0.4) is 0 Å². The third-order valence-electron chi connectivity index (χ3n) is 2.05. The van der Waals surface area contributed by atoms with Gasteiger partial charge in [0.05, 0.1) is 25.4 Å². The first-order chi connectivity index (χ1) is 8.25. The van der Waals surface area contributed by atoms with Crippen LogP contribution in [0.5, 0.6) is 0 Å². The summed E-state index contributed by atoms with van der Waals surface area (Å²) in [5.41, 5.74) is 5.95. The van der Waals surface area contributed by atoms with E-state index in [0.29, 0.717) is 31.9 Å². The van der Waals surface area contributed by atoms with E-state index in [4.69, 9.17) is 15.2 Å². The van der Waals surface area contributed by atoms with E-state index in [-0.39, 0.29) is 11.7 Å².